The second-order valence-electron chi connectivity index (χ2n) is 6.57. The van der Waals surface area contributed by atoms with Crippen LogP contribution in [0.25, 0.3) is 0 Å². The Balaban J connectivity index is 1.60. The van der Waals surface area contributed by atoms with Crippen LogP contribution in [-0.2, 0) is 9.59 Å². The van der Waals surface area contributed by atoms with Crippen molar-refractivity contribution in [1.82, 2.24) is 10.3 Å². The Labute approximate surface area is 153 Å². The van der Waals surface area contributed by atoms with E-state index in [9.17, 15) is 9.59 Å². The van der Waals surface area contributed by atoms with Crippen molar-refractivity contribution >= 4 is 17.5 Å². The molecule has 2 amide bonds. The van der Waals surface area contributed by atoms with Gasteiger partial charge in [0, 0.05) is 24.9 Å². The summed E-state index contributed by atoms with van der Waals surface area (Å²) in [5, 5.41) is 4.16. The smallest absolute Gasteiger partial charge is 0.259 e. The van der Waals surface area contributed by atoms with Crippen molar-refractivity contribution in [2.45, 2.75) is 39.0 Å². The first kappa shape index (κ1) is 18.2. The van der Waals surface area contributed by atoms with Gasteiger partial charge in [-0.2, -0.15) is 5.10 Å². The molecule has 26 heavy (non-hydrogen) atoms. The second kappa shape index (κ2) is 8.69. The quantitative estimate of drug-likeness (QED) is 0.659. The number of likely N-dealkylation sites (tertiary alicyclic amines) is 1. The lowest BCUT2D eigenvalue weighted by molar-refractivity contribution is -0.135. The highest BCUT2D eigenvalue weighted by Crippen LogP contribution is 2.30. The molecule has 1 aromatic carbocycles. The van der Waals surface area contributed by atoms with Gasteiger partial charge in [-0.25, -0.2) is 5.43 Å². The molecule has 0 atom stereocenters. The van der Waals surface area contributed by atoms with Gasteiger partial charge in [0.1, 0.15) is 6.54 Å². The summed E-state index contributed by atoms with van der Waals surface area (Å²) >= 11 is 0. The fourth-order valence-electron chi connectivity index (χ4n) is 3.01. The Morgan fingerprint density at radius 3 is 2.81 bits per heavy atom. The molecule has 2 heterocycles. The van der Waals surface area contributed by atoms with Crippen LogP contribution in [0.2, 0.25) is 0 Å². The monoisotopic (exact) mass is 359 g/mol. The summed E-state index contributed by atoms with van der Waals surface area (Å²) in [7, 11) is 0. The van der Waals surface area contributed by atoms with Crippen molar-refractivity contribution in [1.29, 1.82) is 0 Å². The first-order chi connectivity index (χ1) is 12.6. The molecule has 2 aliphatic heterocycles. The number of nitrogens with zero attached hydrogens (tertiary/aromatic N) is 2. The molecule has 1 aromatic rings. The molecule has 1 saturated heterocycles. The number of nitrogens with one attached hydrogen (secondary N) is 1. The Hall–Kier alpha value is -2.57. The molecule has 7 nitrogen and oxygen atoms in total. The molecule has 0 bridgehead atoms. The van der Waals surface area contributed by atoms with E-state index >= 15 is 0 Å². The Bertz CT molecular complexity index is 702. The highest BCUT2D eigenvalue weighted by molar-refractivity contribution is 6.00. The van der Waals surface area contributed by atoms with Gasteiger partial charge in [-0.1, -0.05) is 6.42 Å². The molecule has 140 valence electrons. The summed E-state index contributed by atoms with van der Waals surface area (Å²) in [5.41, 5.74) is 4.06. The van der Waals surface area contributed by atoms with E-state index in [1.54, 1.807) is 4.90 Å². The van der Waals surface area contributed by atoms with Gasteiger partial charge in [0.05, 0.1) is 18.9 Å². The van der Waals surface area contributed by atoms with E-state index in [0.29, 0.717) is 37.6 Å². The molecule has 0 unspecified atom stereocenters. The molecule has 0 aliphatic carbocycles. The lowest BCUT2D eigenvalue weighted by atomic mass is 10.1. The first-order valence-corrected chi connectivity index (χ1v) is 9.14. The van der Waals surface area contributed by atoms with Crippen molar-refractivity contribution in [2.24, 2.45) is 5.10 Å². The normalized spacial score (nSPS) is 18.1. The first-order valence-electron chi connectivity index (χ1n) is 9.14. The third kappa shape index (κ3) is 4.74. The Morgan fingerprint density at radius 1 is 1.15 bits per heavy atom. The van der Waals surface area contributed by atoms with Crippen molar-refractivity contribution in [3.05, 3.63) is 23.8 Å². The van der Waals surface area contributed by atoms with Gasteiger partial charge < -0.3 is 14.4 Å². The van der Waals surface area contributed by atoms with Crippen LogP contribution in [0.4, 0.5) is 0 Å². The predicted molar refractivity (Wildman–Crippen MR) is 97.5 cm³/mol. The number of fused-ring (bicyclic) bond motifs is 1. The average Bonchev–Trinajstić information content (AvgIpc) is 3.00. The van der Waals surface area contributed by atoms with Crippen LogP contribution in [0.1, 0.15) is 44.6 Å². The van der Waals surface area contributed by atoms with E-state index in [-0.39, 0.29) is 18.4 Å². The fraction of sp³-hybridized carbons (Fsp3) is 0.526. The number of carbonyl (C=O) groups is 2. The largest absolute Gasteiger partial charge is 0.490 e. The van der Waals surface area contributed by atoms with Gasteiger partial charge in [0.2, 0.25) is 5.91 Å². The van der Waals surface area contributed by atoms with Crippen LogP contribution in [-0.4, -0.2) is 48.7 Å². The standard InChI is InChI=1S/C19H25N3O4/c1-14(15-7-8-16-17(12-15)26-11-5-10-25-16)20-21-18(23)13-22-9-4-2-3-6-19(22)24/h7-8,12H,2-6,9-11,13H2,1H3,(H,21,23)/b20-14-. The van der Waals surface area contributed by atoms with E-state index in [0.717, 1.165) is 37.0 Å². The van der Waals surface area contributed by atoms with E-state index < -0.39 is 0 Å². The summed E-state index contributed by atoms with van der Waals surface area (Å²) in [6.07, 6.45) is 4.25. The Morgan fingerprint density at radius 2 is 1.96 bits per heavy atom. The minimum absolute atomic E-state index is 0.0428. The zero-order valence-corrected chi connectivity index (χ0v) is 15.1. The number of hydrogen-bond acceptors (Lipinski definition) is 5. The van der Waals surface area contributed by atoms with Crippen molar-refractivity contribution in [3.63, 3.8) is 0 Å². The minimum Gasteiger partial charge on any atom is -0.490 e. The maximum Gasteiger partial charge on any atom is 0.259 e. The minimum atomic E-state index is -0.283. The molecule has 2 aliphatic rings. The summed E-state index contributed by atoms with van der Waals surface area (Å²) < 4.78 is 11.3. The second-order valence-corrected chi connectivity index (χ2v) is 6.57. The van der Waals surface area contributed by atoms with Gasteiger partial charge in [-0.15, -0.1) is 0 Å². The van der Waals surface area contributed by atoms with Gasteiger partial charge in [-0.05, 0) is 38.0 Å². The molecule has 1 fully saturated rings. The molecule has 1 N–H and O–H groups in total. The summed E-state index contributed by atoms with van der Waals surface area (Å²) in [6, 6.07) is 5.60. The van der Waals surface area contributed by atoms with Crippen molar-refractivity contribution < 1.29 is 19.1 Å². The number of rotatable bonds is 4. The van der Waals surface area contributed by atoms with Gasteiger partial charge in [0.25, 0.3) is 5.91 Å². The van der Waals surface area contributed by atoms with Crippen LogP contribution < -0.4 is 14.9 Å². The molecule has 0 spiro atoms. The fourth-order valence-corrected chi connectivity index (χ4v) is 3.01. The number of hydrazone groups is 1. The average molecular weight is 359 g/mol. The number of amides is 2. The zero-order chi connectivity index (χ0) is 18.4. The topological polar surface area (TPSA) is 80.2 Å². The van der Waals surface area contributed by atoms with Crippen LogP contribution >= 0.6 is 0 Å². The number of carbonyl (C=O) groups excluding carboxylic acids is 2. The van der Waals surface area contributed by atoms with Gasteiger partial charge in [0.15, 0.2) is 11.5 Å². The molecule has 0 radical (unpaired) electrons. The highest BCUT2D eigenvalue weighted by Gasteiger charge is 2.19. The molecular weight excluding hydrogens is 334 g/mol. The van der Waals surface area contributed by atoms with E-state index in [2.05, 4.69) is 10.5 Å². The summed E-state index contributed by atoms with van der Waals surface area (Å²) in [5.74, 6) is 1.17. The predicted octanol–water partition coefficient (Wildman–Crippen LogP) is 2.09. The van der Waals surface area contributed by atoms with Crippen molar-refractivity contribution in [3.8, 4) is 11.5 Å². The molecule has 3 rings (SSSR count). The SMILES string of the molecule is C/C(=N/NC(=O)CN1CCCCCC1=O)c1ccc2c(c1)OCCCO2. The highest BCUT2D eigenvalue weighted by atomic mass is 16.5. The number of ether oxygens (including phenoxy) is 2. The van der Waals surface area contributed by atoms with Crippen LogP contribution in [0, 0.1) is 0 Å². The number of benzene rings is 1. The van der Waals surface area contributed by atoms with E-state index in [4.69, 9.17) is 9.47 Å². The Kier molecular flexibility index (Phi) is 6.09. The lowest BCUT2D eigenvalue weighted by Crippen LogP contribution is -2.39. The molecular formula is C19H25N3O4. The maximum atomic E-state index is 12.1. The third-order valence-corrected chi connectivity index (χ3v) is 4.52. The molecule has 0 saturated carbocycles. The number of hydrogen-bond donors (Lipinski definition) is 1. The van der Waals surface area contributed by atoms with Gasteiger partial charge >= 0.3 is 0 Å². The van der Waals surface area contributed by atoms with Crippen LogP contribution in [0.15, 0.2) is 23.3 Å². The van der Waals surface area contributed by atoms with Crippen LogP contribution in [0.3, 0.4) is 0 Å². The van der Waals surface area contributed by atoms with Crippen LogP contribution in [0.5, 0.6) is 11.5 Å². The zero-order valence-electron chi connectivity index (χ0n) is 15.1. The van der Waals surface area contributed by atoms with Gasteiger partial charge in [-0.3, -0.25) is 9.59 Å². The molecule has 7 heteroatoms. The van der Waals surface area contributed by atoms with Crippen molar-refractivity contribution in [2.75, 3.05) is 26.3 Å². The lowest BCUT2D eigenvalue weighted by Gasteiger charge is -2.19. The van der Waals surface area contributed by atoms with E-state index in [1.807, 2.05) is 25.1 Å². The summed E-state index contributed by atoms with van der Waals surface area (Å²) in [4.78, 5) is 25.7. The molecule has 0 aromatic heterocycles. The maximum absolute atomic E-state index is 12.1. The van der Waals surface area contributed by atoms with E-state index in [1.165, 1.54) is 0 Å². The third-order valence-electron chi connectivity index (χ3n) is 4.52. The summed E-state index contributed by atoms with van der Waals surface area (Å²) in [6.45, 7) is 3.77.